The van der Waals surface area contributed by atoms with Crippen molar-refractivity contribution in [3.63, 3.8) is 0 Å². The number of aromatic nitrogens is 1. The lowest BCUT2D eigenvalue weighted by atomic mass is 10.2. The van der Waals surface area contributed by atoms with E-state index in [1.807, 2.05) is 0 Å². The lowest BCUT2D eigenvalue weighted by molar-refractivity contribution is -0.274. The monoisotopic (exact) mass is 415 g/mol. The van der Waals surface area contributed by atoms with Crippen LogP contribution in [0.15, 0.2) is 24.3 Å². The Hall–Kier alpha value is -2.17. The number of nitrogens with one attached hydrogen (secondary N) is 1. The highest BCUT2D eigenvalue weighted by Gasteiger charge is 2.31. The molecule has 6 nitrogen and oxygen atoms in total. The summed E-state index contributed by atoms with van der Waals surface area (Å²) >= 11 is 1.21. The average Bonchev–Trinajstić information content (AvgIpc) is 3.04. The summed E-state index contributed by atoms with van der Waals surface area (Å²) < 4.78 is 45.9. The van der Waals surface area contributed by atoms with Crippen molar-refractivity contribution in [1.82, 2.24) is 15.2 Å². The summed E-state index contributed by atoms with van der Waals surface area (Å²) in [6, 6.07) is 5.42. The van der Waals surface area contributed by atoms with Crippen molar-refractivity contribution in [3.8, 4) is 16.3 Å². The van der Waals surface area contributed by atoms with E-state index in [9.17, 15) is 18.0 Å². The van der Waals surface area contributed by atoms with Crippen molar-refractivity contribution >= 4 is 17.2 Å². The third-order valence-electron chi connectivity index (χ3n) is 4.15. The van der Waals surface area contributed by atoms with Crippen LogP contribution in [-0.4, -0.2) is 61.5 Å². The molecule has 1 aromatic carbocycles. The SMILES string of the molecule is Cc1nc(-c2ccc(OC(F)(F)F)cc2)sc1C(=O)NCCN1CCOCC1. The molecule has 0 spiro atoms. The minimum absolute atomic E-state index is 0.202. The van der Waals surface area contributed by atoms with Crippen molar-refractivity contribution in [2.24, 2.45) is 0 Å². The number of halogens is 3. The number of carbonyl (C=O) groups is 1. The van der Waals surface area contributed by atoms with E-state index in [0.29, 0.717) is 40.9 Å². The third kappa shape index (κ3) is 5.66. The van der Waals surface area contributed by atoms with Crippen LogP contribution < -0.4 is 10.1 Å². The van der Waals surface area contributed by atoms with Gasteiger partial charge in [0.15, 0.2) is 0 Å². The number of hydrogen-bond acceptors (Lipinski definition) is 6. The van der Waals surface area contributed by atoms with Crippen LogP contribution in [0.1, 0.15) is 15.4 Å². The molecule has 0 unspecified atom stereocenters. The fraction of sp³-hybridized carbons (Fsp3) is 0.444. The van der Waals surface area contributed by atoms with E-state index >= 15 is 0 Å². The molecule has 1 aliphatic heterocycles. The number of alkyl halides is 3. The zero-order valence-corrected chi connectivity index (χ0v) is 16.0. The first-order valence-corrected chi connectivity index (χ1v) is 9.55. The molecule has 152 valence electrons. The van der Waals surface area contributed by atoms with Gasteiger partial charge in [-0.3, -0.25) is 9.69 Å². The maximum Gasteiger partial charge on any atom is 0.573 e. The lowest BCUT2D eigenvalue weighted by Crippen LogP contribution is -2.41. The summed E-state index contributed by atoms with van der Waals surface area (Å²) in [7, 11) is 0. The zero-order chi connectivity index (χ0) is 20.1. The van der Waals surface area contributed by atoms with Gasteiger partial charge in [-0.2, -0.15) is 0 Å². The van der Waals surface area contributed by atoms with Crippen LogP contribution in [-0.2, 0) is 4.74 Å². The first-order valence-electron chi connectivity index (χ1n) is 8.74. The number of aryl methyl sites for hydroxylation is 1. The largest absolute Gasteiger partial charge is 0.573 e. The van der Waals surface area contributed by atoms with E-state index in [1.54, 1.807) is 6.92 Å². The van der Waals surface area contributed by atoms with Gasteiger partial charge in [0.25, 0.3) is 5.91 Å². The van der Waals surface area contributed by atoms with Gasteiger partial charge in [-0.25, -0.2) is 4.98 Å². The molecule has 2 heterocycles. The summed E-state index contributed by atoms with van der Waals surface area (Å²) in [5.74, 6) is -0.503. The normalized spacial score (nSPS) is 15.4. The number of rotatable bonds is 6. The summed E-state index contributed by atoms with van der Waals surface area (Å²) in [5, 5.41) is 3.45. The fourth-order valence-corrected chi connectivity index (χ4v) is 3.75. The fourth-order valence-electron chi connectivity index (χ4n) is 2.76. The topological polar surface area (TPSA) is 63.7 Å². The summed E-state index contributed by atoms with van der Waals surface area (Å²) in [6.07, 6.45) is -4.73. The number of benzene rings is 1. The van der Waals surface area contributed by atoms with E-state index < -0.39 is 6.36 Å². The van der Waals surface area contributed by atoms with E-state index in [1.165, 1.54) is 35.6 Å². The smallest absolute Gasteiger partial charge is 0.406 e. The van der Waals surface area contributed by atoms with Gasteiger partial charge < -0.3 is 14.8 Å². The standard InChI is InChI=1S/C18H20F3N3O3S/c1-12-15(16(25)22-6-7-24-8-10-26-11-9-24)28-17(23-12)13-2-4-14(5-3-13)27-18(19,20)21/h2-5H,6-11H2,1H3,(H,22,25). The van der Waals surface area contributed by atoms with Gasteiger partial charge in [-0.05, 0) is 31.2 Å². The van der Waals surface area contributed by atoms with Crippen molar-refractivity contribution in [2.45, 2.75) is 13.3 Å². The molecule has 1 aliphatic rings. The number of hydrogen-bond donors (Lipinski definition) is 1. The van der Waals surface area contributed by atoms with Gasteiger partial charge in [-0.1, -0.05) is 0 Å². The number of ether oxygens (including phenoxy) is 2. The predicted molar refractivity (Wildman–Crippen MR) is 98.6 cm³/mol. The molecule has 1 aromatic heterocycles. The number of carbonyl (C=O) groups excluding carboxylic acids is 1. The summed E-state index contributed by atoms with van der Waals surface area (Å²) in [5.41, 5.74) is 1.20. The Bertz CT molecular complexity index is 803. The number of thiazole rings is 1. The maximum absolute atomic E-state index is 12.4. The minimum Gasteiger partial charge on any atom is -0.406 e. The van der Waals surface area contributed by atoms with Crippen LogP contribution in [0.2, 0.25) is 0 Å². The third-order valence-corrected chi connectivity index (χ3v) is 5.36. The first-order chi connectivity index (χ1) is 13.3. The Balaban J connectivity index is 1.59. The van der Waals surface area contributed by atoms with E-state index in [4.69, 9.17) is 4.74 Å². The highest BCUT2D eigenvalue weighted by molar-refractivity contribution is 7.17. The van der Waals surface area contributed by atoms with Gasteiger partial charge in [0.1, 0.15) is 15.6 Å². The van der Waals surface area contributed by atoms with Crippen molar-refractivity contribution in [1.29, 1.82) is 0 Å². The van der Waals surface area contributed by atoms with Crippen LogP contribution in [0.25, 0.3) is 10.6 Å². The molecular weight excluding hydrogens is 395 g/mol. The van der Waals surface area contributed by atoms with Crippen molar-refractivity contribution in [2.75, 3.05) is 39.4 Å². The van der Waals surface area contributed by atoms with Crippen LogP contribution in [0.3, 0.4) is 0 Å². The molecule has 0 saturated carbocycles. The molecule has 2 aromatic rings. The molecule has 1 saturated heterocycles. The zero-order valence-electron chi connectivity index (χ0n) is 15.2. The predicted octanol–water partition coefficient (Wildman–Crippen LogP) is 3.08. The minimum atomic E-state index is -4.73. The summed E-state index contributed by atoms with van der Waals surface area (Å²) in [4.78, 5) is 19.5. The van der Waals surface area contributed by atoms with Crippen LogP contribution in [0.5, 0.6) is 5.75 Å². The van der Waals surface area contributed by atoms with Gasteiger partial charge in [0.2, 0.25) is 0 Å². The van der Waals surface area contributed by atoms with Gasteiger partial charge in [-0.15, -0.1) is 24.5 Å². The number of amides is 1. The molecule has 1 amide bonds. The second-order valence-electron chi connectivity index (χ2n) is 6.22. The Morgan fingerprint density at radius 1 is 1.29 bits per heavy atom. The Morgan fingerprint density at radius 3 is 2.61 bits per heavy atom. The molecule has 0 atom stereocenters. The molecule has 0 radical (unpaired) electrons. The number of nitrogens with zero attached hydrogens (tertiary/aromatic N) is 2. The Labute approximate surface area is 164 Å². The first kappa shape index (κ1) is 20.6. The quantitative estimate of drug-likeness (QED) is 0.786. The van der Waals surface area contributed by atoms with E-state index in [2.05, 4.69) is 19.9 Å². The summed E-state index contributed by atoms with van der Waals surface area (Å²) in [6.45, 7) is 6.13. The molecule has 1 fully saturated rings. The molecule has 1 N–H and O–H groups in total. The average molecular weight is 415 g/mol. The Kier molecular flexibility index (Phi) is 6.53. The molecule has 0 bridgehead atoms. The van der Waals surface area contributed by atoms with Crippen LogP contribution >= 0.6 is 11.3 Å². The van der Waals surface area contributed by atoms with Gasteiger partial charge in [0, 0.05) is 31.7 Å². The molecule has 10 heteroatoms. The lowest BCUT2D eigenvalue weighted by Gasteiger charge is -2.26. The van der Waals surface area contributed by atoms with Crippen LogP contribution in [0, 0.1) is 6.92 Å². The second-order valence-corrected chi connectivity index (χ2v) is 7.21. The maximum atomic E-state index is 12.4. The Morgan fingerprint density at radius 2 is 1.96 bits per heavy atom. The highest BCUT2D eigenvalue weighted by atomic mass is 32.1. The van der Waals surface area contributed by atoms with E-state index in [0.717, 1.165) is 19.6 Å². The van der Waals surface area contributed by atoms with E-state index in [-0.39, 0.29) is 11.7 Å². The number of morpholine rings is 1. The molecule has 3 rings (SSSR count). The van der Waals surface area contributed by atoms with Crippen LogP contribution in [0.4, 0.5) is 13.2 Å². The van der Waals surface area contributed by atoms with Gasteiger partial charge in [0.05, 0.1) is 18.9 Å². The molecule has 0 aliphatic carbocycles. The molecular formula is C18H20F3N3O3S. The van der Waals surface area contributed by atoms with Gasteiger partial charge >= 0.3 is 6.36 Å². The van der Waals surface area contributed by atoms with Crippen molar-refractivity contribution in [3.05, 3.63) is 34.8 Å². The molecule has 28 heavy (non-hydrogen) atoms. The highest BCUT2D eigenvalue weighted by Crippen LogP contribution is 2.30. The second kappa shape index (κ2) is 8.89. The van der Waals surface area contributed by atoms with Crippen molar-refractivity contribution < 1.29 is 27.4 Å².